The van der Waals surface area contributed by atoms with E-state index in [1.54, 1.807) is 0 Å². The predicted octanol–water partition coefficient (Wildman–Crippen LogP) is 0.0961. The fourth-order valence-electron chi connectivity index (χ4n) is 0.573. The molecule has 1 heterocycles. The van der Waals surface area contributed by atoms with Gasteiger partial charge in [0.25, 0.3) is 11.6 Å². The Morgan fingerprint density at radius 3 is 2.82 bits per heavy atom. The average molecular weight is 158 g/mol. The van der Waals surface area contributed by atoms with Crippen LogP contribution in [0.25, 0.3) is 0 Å². The standard InChI is InChI=1S/C5H3FN2O3/c6-4-1-3(8(10)11)2-7-5(4)9/h1-2,4H. The van der Waals surface area contributed by atoms with Gasteiger partial charge in [-0.05, 0) is 0 Å². The molecular weight excluding hydrogens is 155 g/mol. The topological polar surface area (TPSA) is 72.6 Å². The summed E-state index contributed by atoms with van der Waals surface area (Å²) in [5.41, 5.74) is -0.489. The highest BCUT2D eigenvalue weighted by Gasteiger charge is 2.23. The second kappa shape index (κ2) is 2.57. The molecule has 1 amide bonds. The largest absolute Gasteiger partial charge is 0.287 e. The molecule has 5 nitrogen and oxygen atoms in total. The van der Waals surface area contributed by atoms with Crippen molar-refractivity contribution in [2.24, 2.45) is 4.99 Å². The molecule has 0 aromatic heterocycles. The molecule has 0 saturated heterocycles. The van der Waals surface area contributed by atoms with Gasteiger partial charge in [0.2, 0.25) is 6.17 Å². The van der Waals surface area contributed by atoms with Crippen molar-refractivity contribution < 1.29 is 14.1 Å². The van der Waals surface area contributed by atoms with Crippen LogP contribution in [0.5, 0.6) is 0 Å². The Morgan fingerprint density at radius 2 is 2.36 bits per heavy atom. The number of aliphatic imine (C=N–C) groups is 1. The number of nitrogens with zero attached hydrogens (tertiary/aromatic N) is 2. The van der Waals surface area contributed by atoms with Crippen molar-refractivity contribution in [3.63, 3.8) is 0 Å². The number of carbonyl (C=O) groups excluding carboxylic acids is 1. The summed E-state index contributed by atoms with van der Waals surface area (Å²) >= 11 is 0. The molecule has 1 rings (SSSR count). The summed E-state index contributed by atoms with van der Waals surface area (Å²) in [6.07, 6.45) is -0.617. The third kappa shape index (κ3) is 1.46. The first-order chi connectivity index (χ1) is 5.11. The molecule has 0 fully saturated rings. The van der Waals surface area contributed by atoms with Gasteiger partial charge in [-0.3, -0.25) is 14.9 Å². The first kappa shape index (κ1) is 7.52. The third-order valence-electron chi connectivity index (χ3n) is 1.09. The van der Waals surface area contributed by atoms with Crippen molar-refractivity contribution in [3.8, 4) is 0 Å². The van der Waals surface area contributed by atoms with Gasteiger partial charge in [-0.1, -0.05) is 0 Å². The first-order valence-corrected chi connectivity index (χ1v) is 2.69. The maximum atomic E-state index is 12.3. The Bertz CT molecular complexity index is 271. The van der Waals surface area contributed by atoms with E-state index in [0.717, 1.165) is 6.21 Å². The van der Waals surface area contributed by atoms with Crippen molar-refractivity contribution >= 4 is 12.1 Å². The minimum absolute atomic E-state index is 0.489. The van der Waals surface area contributed by atoms with Gasteiger partial charge in [-0.25, -0.2) is 9.38 Å². The summed E-state index contributed by atoms with van der Waals surface area (Å²) in [5, 5.41) is 9.97. The van der Waals surface area contributed by atoms with E-state index in [4.69, 9.17) is 0 Å². The van der Waals surface area contributed by atoms with Gasteiger partial charge < -0.3 is 0 Å². The number of nitro groups is 1. The fourth-order valence-corrected chi connectivity index (χ4v) is 0.573. The minimum atomic E-state index is -1.97. The summed E-state index contributed by atoms with van der Waals surface area (Å²) in [7, 11) is 0. The lowest BCUT2D eigenvalue weighted by Gasteiger charge is -2.00. The molecule has 11 heavy (non-hydrogen) atoms. The molecule has 0 spiro atoms. The number of dihydropyridines is 1. The molecule has 0 radical (unpaired) electrons. The zero-order valence-electron chi connectivity index (χ0n) is 5.23. The Labute approximate surface area is 60.4 Å². The summed E-state index contributed by atoms with van der Waals surface area (Å²) in [4.78, 5) is 22.5. The second-order valence-electron chi connectivity index (χ2n) is 1.85. The second-order valence-corrected chi connectivity index (χ2v) is 1.85. The highest BCUT2D eigenvalue weighted by atomic mass is 19.1. The number of carbonyl (C=O) groups is 1. The molecule has 0 N–H and O–H groups in total. The molecule has 1 aliphatic rings. The first-order valence-electron chi connectivity index (χ1n) is 2.69. The predicted molar refractivity (Wildman–Crippen MR) is 33.5 cm³/mol. The number of allylic oxidation sites excluding steroid dienone is 1. The van der Waals surface area contributed by atoms with Crippen LogP contribution in [0.15, 0.2) is 16.8 Å². The van der Waals surface area contributed by atoms with Crippen molar-refractivity contribution in [1.82, 2.24) is 0 Å². The Kier molecular flexibility index (Phi) is 1.75. The number of hydrogen-bond acceptors (Lipinski definition) is 3. The van der Waals surface area contributed by atoms with Gasteiger partial charge in [0, 0.05) is 6.08 Å². The van der Waals surface area contributed by atoms with Gasteiger partial charge >= 0.3 is 0 Å². The Balaban J connectivity index is 2.88. The lowest BCUT2D eigenvalue weighted by Crippen LogP contribution is -2.18. The SMILES string of the molecule is O=C1N=CC([N+](=O)[O-])=CC1F. The molecule has 1 atom stereocenters. The molecule has 1 unspecified atom stereocenters. The zero-order chi connectivity index (χ0) is 8.43. The highest BCUT2D eigenvalue weighted by Crippen LogP contribution is 2.06. The van der Waals surface area contributed by atoms with E-state index in [9.17, 15) is 19.3 Å². The summed E-state index contributed by atoms with van der Waals surface area (Å²) in [6, 6.07) is 0. The number of halogens is 1. The maximum Gasteiger partial charge on any atom is 0.287 e. The molecule has 0 aliphatic carbocycles. The molecule has 58 valence electrons. The smallest absolute Gasteiger partial charge is 0.269 e. The van der Waals surface area contributed by atoms with Crippen LogP contribution in [0, 0.1) is 10.1 Å². The number of hydrogen-bond donors (Lipinski definition) is 0. The molecular formula is C5H3FN2O3. The molecule has 0 bridgehead atoms. The number of amides is 1. The number of alkyl halides is 1. The van der Waals surface area contributed by atoms with Gasteiger partial charge in [0.15, 0.2) is 0 Å². The van der Waals surface area contributed by atoms with Crippen molar-refractivity contribution in [3.05, 3.63) is 21.9 Å². The molecule has 0 saturated carbocycles. The zero-order valence-corrected chi connectivity index (χ0v) is 5.23. The van der Waals surface area contributed by atoms with E-state index < -0.39 is 22.7 Å². The van der Waals surface area contributed by atoms with Crippen LogP contribution < -0.4 is 0 Å². The fraction of sp³-hybridized carbons (Fsp3) is 0.200. The number of rotatable bonds is 1. The average Bonchev–Trinajstić information content (AvgIpc) is 1.94. The van der Waals surface area contributed by atoms with Crippen LogP contribution in [-0.2, 0) is 4.79 Å². The van der Waals surface area contributed by atoms with Crippen molar-refractivity contribution in [1.29, 1.82) is 0 Å². The van der Waals surface area contributed by atoms with Crippen LogP contribution in [0.3, 0.4) is 0 Å². The van der Waals surface area contributed by atoms with Gasteiger partial charge in [0.05, 0.1) is 4.92 Å². The van der Waals surface area contributed by atoms with Crippen LogP contribution in [0.4, 0.5) is 4.39 Å². The van der Waals surface area contributed by atoms with E-state index in [1.165, 1.54) is 0 Å². The monoisotopic (exact) mass is 158 g/mol. The summed E-state index contributed by atoms with van der Waals surface area (Å²) in [5.74, 6) is -1.00. The highest BCUT2D eigenvalue weighted by molar-refractivity contribution is 5.97. The van der Waals surface area contributed by atoms with E-state index in [0.29, 0.717) is 6.08 Å². The summed E-state index contributed by atoms with van der Waals surface area (Å²) < 4.78 is 12.3. The van der Waals surface area contributed by atoms with Crippen LogP contribution in [-0.4, -0.2) is 23.2 Å². The van der Waals surface area contributed by atoms with Crippen LogP contribution >= 0.6 is 0 Å². The van der Waals surface area contributed by atoms with E-state index in [1.807, 2.05) is 0 Å². The van der Waals surface area contributed by atoms with E-state index >= 15 is 0 Å². The van der Waals surface area contributed by atoms with Crippen LogP contribution in [0.1, 0.15) is 0 Å². The molecule has 0 aromatic carbocycles. The normalized spacial score (nSPS) is 23.2. The Morgan fingerprint density at radius 1 is 1.73 bits per heavy atom. The van der Waals surface area contributed by atoms with E-state index in [-0.39, 0.29) is 0 Å². The molecule has 6 heteroatoms. The van der Waals surface area contributed by atoms with Gasteiger partial charge in [0.1, 0.15) is 6.21 Å². The maximum absolute atomic E-state index is 12.3. The van der Waals surface area contributed by atoms with Gasteiger partial charge in [-0.2, -0.15) is 0 Å². The summed E-state index contributed by atoms with van der Waals surface area (Å²) in [6.45, 7) is 0. The molecule has 1 aliphatic heterocycles. The Hall–Kier alpha value is -1.59. The lowest BCUT2D eigenvalue weighted by molar-refractivity contribution is -0.414. The van der Waals surface area contributed by atoms with Crippen LogP contribution in [0.2, 0.25) is 0 Å². The minimum Gasteiger partial charge on any atom is -0.269 e. The lowest BCUT2D eigenvalue weighted by atomic mass is 10.2. The van der Waals surface area contributed by atoms with Crippen molar-refractivity contribution in [2.45, 2.75) is 6.17 Å². The quantitative estimate of drug-likeness (QED) is 0.401. The van der Waals surface area contributed by atoms with E-state index in [2.05, 4.69) is 4.99 Å². The third-order valence-corrected chi connectivity index (χ3v) is 1.09. The molecule has 0 aromatic rings. The van der Waals surface area contributed by atoms with Crippen molar-refractivity contribution in [2.75, 3.05) is 0 Å². The van der Waals surface area contributed by atoms with Gasteiger partial charge in [-0.15, -0.1) is 0 Å².